The molecule has 0 atom stereocenters. The second kappa shape index (κ2) is 7.13. The minimum Gasteiger partial charge on any atom is -0.283 e. The van der Waals surface area contributed by atoms with Gasteiger partial charge in [-0.1, -0.05) is 43.2 Å². The van der Waals surface area contributed by atoms with Crippen LogP contribution in [-0.2, 0) is 0 Å². The number of carbonyl (C=O) groups excluding carboxylic acids is 1. The van der Waals surface area contributed by atoms with E-state index in [1.807, 2.05) is 35.3 Å². The minimum atomic E-state index is -0.188. The molecular formula is C17H20N4O. The van der Waals surface area contributed by atoms with E-state index in [1.54, 1.807) is 6.20 Å². The number of rotatable bonds is 3. The van der Waals surface area contributed by atoms with Crippen LogP contribution in [0.25, 0.3) is 11.3 Å². The number of benzene rings is 1. The maximum atomic E-state index is 12.4. The van der Waals surface area contributed by atoms with Crippen molar-refractivity contribution in [1.82, 2.24) is 20.4 Å². The summed E-state index contributed by atoms with van der Waals surface area (Å²) in [7, 11) is 0. The van der Waals surface area contributed by atoms with Crippen LogP contribution in [0.5, 0.6) is 0 Å². The number of carbonyl (C=O) groups is 1. The summed E-state index contributed by atoms with van der Waals surface area (Å²) in [4.78, 5) is 20.9. The van der Waals surface area contributed by atoms with Gasteiger partial charge in [0.2, 0.25) is 0 Å². The van der Waals surface area contributed by atoms with Crippen LogP contribution in [0.2, 0.25) is 0 Å². The summed E-state index contributed by atoms with van der Waals surface area (Å²) in [6, 6.07) is 9.76. The monoisotopic (exact) mass is 296 g/mol. The topological polar surface area (TPSA) is 58.1 Å². The molecular weight excluding hydrogens is 276 g/mol. The molecule has 0 bridgehead atoms. The molecule has 0 spiro atoms. The van der Waals surface area contributed by atoms with Gasteiger partial charge in [0, 0.05) is 18.7 Å². The number of amides is 1. The van der Waals surface area contributed by atoms with Gasteiger partial charge in [0.25, 0.3) is 5.91 Å². The molecule has 0 unspecified atom stereocenters. The molecule has 1 saturated heterocycles. The fourth-order valence-electron chi connectivity index (χ4n) is 2.61. The van der Waals surface area contributed by atoms with E-state index < -0.39 is 0 Å². The van der Waals surface area contributed by atoms with Crippen molar-refractivity contribution >= 4 is 5.91 Å². The quantitative estimate of drug-likeness (QED) is 0.946. The Morgan fingerprint density at radius 3 is 2.45 bits per heavy atom. The molecule has 0 saturated carbocycles. The Hall–Kier alpha value is -2.27. The molecule has 2 heterocycles. The smallest absolute Gasteiger partial charge is 0.283 e. The standard InChI is InChI=1S/C17H20N4O/c22-17(20-21-10-6-1-2-7-11-21)16-13-18-12-15(19-16)14-8-4-3-5-9-14/h3-5,8-9,12-13H,1-2,6-7,10-11H2,(H,20,22). The van der Waals surface area contributed by atoms with E-state index in [2.05, 4.69) is 15.4 Å². The molecule has 22 heavy (non-hydrogen) atoms. The molecule has 1 aromatic carbocycles. The van der Waals surface area contributed by atoms with Gasteiger partial charge in [-0.2, -0.15) is 0 Å². The molecule has 5 nitrogen and oxygen atoms in total. The number of nitrogens with zero attached hydrogens (tertiary/aromatic N) is 3. The third-order valence-electron chi connectivity index (χ3n) is 3.80. The zero-order valence-electron chi connectivity index (χ0n) is 12.5. The van der Waals surface area contributed by atoms with E-state index in [-0.39, 0.29) is 5.91 Å². The average molecular weight is 296 g/mol. The molecule has 1 fully saturated rings. The van der Waals surface area contributed by atoms with Crippen molar-refractivity contribution in [2.45, 2.75) is 25.7 Å². The number of hydrogen-bond donors (Lipinski definition) is 1. The molecule has 3 rings (SSSR count). The molecule has 114 valence electrons. The van der Waals surface area contributed by atoms with E-state index in [4.69, 9.17) is 0 Å². The SMILES string of the molecule is O=C(NN1CCCCCC1)c1cncc(-c2ccccc2)n1. The van der Waals surface area contributed by atoms with Crippen molar-refractivity contribution in [2.75, 3.05) is 13.1 Å². The van der Waals surface area contributed by atoms with Crippen LogP contribution in [0.1, 0.15) is 36.2 Å². The van der Waals surface area contributed by atoms with Gasteiger partial charge in [0.1, 0.15) is 5.69 Å². The summed E-state index contributed by atoms with van der Waals surface area (Å²) < 4.78 is 0. The fourth-order valence-corrected chi connectivity index (χ4v) is 2.61. The highest BCUT2D eigenvalue weighted by Crippen LogP contribution is 2.15. The highest BCUT2D eigenvalue weighted by molar-refractivity contribution is 5.92. The second-order valence-electron chi connectivity index (χ2n) is 5.50. The number of hydrogen-bond acceptors (Lipinski definition) is 4. The lowest BCUT2D eigenvalue weighted by atomic mass is 10.1. The van der Waals surface area contributed by atoms with Crippen molar-refractivity contribution in [2.24, 2.45) is 0 Å². The Morgan fingerprint density at radius 1 is 1.00 bits per heavy atom. The third kappa shape index (κ3) is 3.68. The van der Waals surface area contributed by atoms with Gasteiger partial charge in [-0.25, -0.2) is 9.99 Å². The van der Waals surface area contributed by atoms with Crippen LogP contribution < -0.4 is 5.43 Å². The highest BCUT2D eigenvalue weighted by Gasteiger charge is 2.15. The van der Waals surface area contributed by atoms with Crippen molar-refractivity contribution in [1.29, 1.82) is 0 Å². The lowest BCUT2D eigenvalue weighted by Gasteiger charge is -2.20. The summed E-state index contributed by atoms with van der Waals surface area (Å²) in [6.07, 6.45) is 7.90. The van der Waals surface area contributed by atoms with Crippen molar-refractivity contribution in [3.8, 4) is 11.3 Å². The Morgan fingerprint density at radius 2 is 1.73 bits per heavy atom. The molecule has 2 aromatic rings. The molecule has 5 heteroatoms. The molecule has 0 aliphatic carbocycles. The van der Waals surface area contributed by atoms with Gasteiger partial charge in [0.15, 0.2) is 0 Å². The van der Waals surface area contributed by atoms with Crippen LogP contribution in [-0.4, -0.2) is 34.0 Å². The number of aromatic nitrogens is 2. The van der Waals surface area contributed by atoms with Gasteiger partial charge >= 0.3 is 0 Å². The minimum absolute atomic E-state index is 0.188. The van der Waals surface area contributed by atoms with Gasteiger partial charge in [-0.15, -0.1) is 0 Å². The summed E-state index contributed by atoms with van der Waals surface area (Å²) >= 11 is 0. The average Bonchev–Trinajstić information content (AvgIpc) is 2.84. The van der Waals surface area contributed by atoms with Crippen molar-refractivity contribution in [3.05, 3.63) is 48.4 Å². The molecule has 1 aliphatic heterocycles. The van der Waals surface area contributed by atoms with Crippen LogP contribution in [0.3, 0.4) is 0 Å². The summed E-state index contributed by atoms with van der Waals surface area (Å²) in [5.74, 6) is -0.188. The van der Waals surface area contributed by atoms with E-state index in [0.29, 0.717) is 11.4 Å². The summed E-state index contributed by atoms with van der Waals surface area (Å²) in [6.45, 7) is 1.80. The van der Waals surface area contributed by atoms with Gasteiger partial charge in [-0.3, -0.25) is 15.2 Å². The molecule has 1 aromatic heterocycles. The Kier molecular flexibility index (Phi) is 4.75. The fraction of sp³-hybridized carbons (Fsp3) is 0.353. The van der Waals surface area contributed by atoms with E-state index >= 15 is 0 Å². The molecule has 1 N–H and O–H groups in total. The van der Waals surface area contributed by atoms with E-state index in [9.17, 15) is 4.79 Å². The number of hydrazine groups is 1. The first-order valence-electron chi connectivity index (χ1n) is 7.76. The summed E-state index contributed by atoms with van der Waals surface area (Å²) in [5, 5.41) is 1.99. The van der Waals surface area contributed by atoms with Gasteiger partial charge in [0.05, 0.1) is 18.1 Å². The predicted octanol–water partition coefficient (Wildman–Crippen LogP) is 2.66. The summed E-state index contributed by atoms with van der Waals surface area (Å²) in [5.41, 5.74) is 4.97. The maximum Gasteiger partial charge on any atom is 0.285 e. The number of nitrogens with one attached hydrogen (secondary N) is 1. The van der Waals surface area contributed by atoms with Crippen molar-refractivity contribution in [3.63, 3.8) is 0 Å². The molecule has 1 aliphatic rings. The van der Waals surface area contributed by atoms with Gasteiger partial charge < -0.3 is 0 Å². The Balaban J connectivity index is 1.72. The normalized spacial score (nSPS) is 16.0. The van der Waals surface area contributed by atoms with Gasteiger partial charge in [-0.05, 0) is 12.8 Å². The second-order valence-corrected chi connectivity index (χ2v) is 5.50. The first-order valence-corrected chi connectivity index (χ1v) is 7.76. The molecule has 1 amide bonds. The van der Waals surface area contributed by atoms with Crippen LogP contribution in [0.15, 0.2) is 42.7 Å². The van der Waals surface area contributed by atoms with Crippen LogP contribution in [0, 0.1) is 0 Å². The largest absolute Gasteiger partial charge is 0.285 e. The molecule has 0 radical (unpaired) electrons. The van der Waals surface area contributed by atoms with E-state index in [1.165, 1.54) is 19.0 Å². The first kappa shape index (κ1) is 14.7. The first-order chi connectivity index (χ1) is 10.8. The maximum absolute atomic E-state index is 12.4. The Labute approximate surface area is 130 Å². The predicted molar refractivity (Wildman–Crippen MR) is 85.0 cm³/mol. The van der Waals surface area contributed by atoms with E-state index in [0.717, 1.165) is 31.5 Å². The third-order valence-corrected chi connectivity index (χ3v) is 3.80. The lowest BCUT2D eigenvalue weighted by Crippen LogP contribution is -2.43. The zero-order valence-corrected chi connectivity index (χ0v) is 12.5. The zero-order chi connectivity index (χ0) is 15.2. The Bertz CT molecular complexity index is 622. The van der Waals surface area contributed by atoms with Crippen molar-refractivity contribution < 1.29 is 4.79 Å². The van der Waals surface area contributed by atoms with Crippen LogP contribution >= 0.6 is 0 Å². The highest BCUT2D eigenvalue weighted by atomic mass is 16.2. The lowest BCUT2D eigenvalue weighted by molar-refractivity contribution is 0.0788. The van der Waals surface area contributed by atoms with Crippen LogP contribution in [0.4, 0.5) is 0 Å².